The molecule has 6 nitrogen and oxygen atoms in total. The van der Waals surface area contributed by atoms with Crippen LogP contribution >= 0.6 is 23.1 Å². The van der Waals surface area contributed by atoms with Crippen LogP contribution in [0.2, 0.25) is 0 Å². The SMILES string of the molecule is O=C(CN1CSCC1=O)N1CCN(Cc2nc3ccccc3s2)CC1. The molecule has 0 bridgehead atoms. The normalized spacial score (nSPS) is 19.1. The molecular formula is C17H20N4O2S2. The predicted octanol–water partition coefficient (Wildman–Crippen LogP) is 1.47. The number of hydrogen-bond donors (Lipinski definition) is 0. The lowest BCUT2D eigenvalue weighted by Crippen LogP contribution is -2.51. The summed E-state index contributed by atoms with van der Waals surface area (Å²) in [5.41, 5.74) is 1.06. The van der Waals surface area contributed by atoms with Crippen molar-refractivity contribution in [2.45, 2.75) is 6.54 Å². The fourth-order valence-corrected chi connectivity index (χ4v) is 5.05. The molecule has 25 heavy (non-hydrogen) atoms. The Morgan fingerprint density at radius 2 is 1.96 bits per heavy atom. The molecule has 2 aliphatic heterocycles. The first kappa shape index (κ1) is 16.8. The summed E-state index contributed by atoms with van der Waals surface area (Å²) in [6.07, 6.45) is 0. The lowest BCUT2D eigenvalue weighted by atomic mass is 10.3. The van der Waals surface area contributed by atoms with Crippen LogP contribution in [0.1, 0.15) is 5.01 Å². The summed E-state index contributed by atoms with van der Waals surface area (Å²) in [6, 6.07) is 8.20. The van der Waals surface area contributed by atoms with Gasteiger partial charge >= 0.3 is 0 Å². The Labute approximate surface area is 154 Å². The molecule has 0 saturated carbocycles. The van der Waals surface area contributed by atoms with Crippen molar-refractivity contribution in [3.05, 3.63) is 29.3 Å². The highest BCUT2D eigenvalue weighted by molar-refractivity contribution is 8.00. The topological polar surface area (TPSA) is 56.8 Å². The van der Waals surface area contributed by atoms with Crippen LogP contribution in [0.5, 0.6) is 0 Å². The minimum absolute atomic E-state index is 0.0653. The number of benzene rings is 1. The average Bonchev–Trinajstić information content (AvgIpc) is 3.21. The molecular weight excluding hydrogens is 356 g/mol. The molecule has 0 aliphatic carbocycles. The number of nitrogens with zero attached hydrogens (tertiary/aromatic N) is 4. The molecule has 2 fully saturated rings. The van der Waals surface area contributed by atoms with Crippen LogP contribution in [-0.4, -0.2) is 75.9 Å². The van der Waals surface area contributed by atoms with Crippen molar-refractivity contribution in [2.24, 2.45) is 0 Å². The Balaban J connectivity index is 1.29. The first-order valence-corrected chi connectivity index (χ1v) is 10.4. The third kappa shape index (κ3) is 3.80. The zero-order valence-corrected chi connectivity index (χ0v) is 15.5. The number of para-hydroxylation sites is 1. The maximum atomic E-state index is 12.4. The van der Waals surface area contributed by atoms with Crippen LogP contribution < -0.4 is 0 Å². The van der Waals surface area contributed by atoms with E-state index in [2.05, 4.69) is 16.0 Å². The number of aromatic nitrogens is 1. The zero-order valence-electron chi connectivity index (χ0n) is 13.9. The van der Waals surface area contributed by atoms with Crippen molar-refractivity contribution in [2.75, 3.05) is 44.4 Å². The summed E-state index contributed by atoms with van der Waals surface area (Å²) in [7, 11) is 0. The predicted molar refractivity (Wildman–Crippen MR) is 101 cm³/mol. The van der Waals surface area contributed by atoms with Gasteiger partial charge in [-0.05, 0) is 12.1 Å². The van der Waals surface area contributed by atoms with Crippen molar-refractivity contribution in [3.8, 4) is 0 Å². The Hall–Kier alpha value is -1.64. The first-order chi connectivity index (χ1) is 12.2. The number of carbonyl (C=O) groups is 2. The molecule has 132 valence electrons. The average molecular weight is 377 g/mol. The second kappa shape index (κ2) is 7.31. The monoisotopic (exact) mass is 376 g/mol. The van der Waals surface area contributed by atoms with Gasteiger partial charge < -0.3 is 9.80 Å². The quantitative estimate of drug-likeness (QED) is 0.809. The Morgan fingerprint density at radius 3 is 2.68 bits per heavy atom. The van der Waals surface area contributed by atoms with E-state index in [1.54, 1.807) is 28.0 Å². The van der Waals surface area contributed by atoms with Crippen molar-refractivity contribution >= 4 is 45.1 Å². The number of amides is 2. The first-order valence-electron chi connectivity index (χ1n) is 8.39. The molecule has 2 aromatic rings. The highest BCUT2D eigenvalue weighted by Crippen LogP contribution is 2.23. The van der Waals surface area contributed by atoms with Gasteiger partial charge in [-0.2, -0.15) is 0 Å². The molecule has 0 spiro atoms. The molecule has 3 heterocycles. The van der Waals surface area contributed by atoms with E-state index in [9.17, 15) is 9.59 Å². The summed E-state index contributed by atoms with van der Waals surface area (Å²) in [4.78, 5) is 34.6. The number of piperazine rings is 1. The van der Waals surface area contributed by atoms with Crippen molar-refractivity contribution in [1.82, 2.24) is 19.7 Å². The number of thiazole rings is 1. The second-order valence-corrected chi connectivity index (χ2v) is 8.37. The number of hydrogen-bond acceptors (Lipinski definition) is 6. The standard InChI is InChI=1S/C17H20N4O2S2/c22-16(10-21-12-24-11-17(21)23)20-7-5-19(6-8-20)9-15-18-13-3-1-2-4-14(13)25-15/h1-4H,5-12H2. The van der Waals surface area contributed by atoms with Gasteiger partial charge in [0.05, 0.1) is 28.4 Å². The molecule has 2 saturated heterocycles. The summed E-state index contributed by atoms with van der Waals surface area (Å²) >= 11 is 3.31. The highest BCUT2D eigenvalue weighted by Gasteiger charge is 2.27. The van der Waals surface area contributed by atoms with Crippen molar-refractivity contribution < 1.29 is 9.59 Å². The largest absolute Gasteiger partial charge is 0.339 e. The van der Waals surface area contributed by atoms with Gasteiger partial charge in [-0.1, -0.05) is 12.1 Å². The Bertz CT molecular complexity index is 753. The molecule has 2 amide bonds. The number of carbonyl (C=O) groups excluding carboxylic acids is 2. The zero-order chi connectivity index (χ0) is 17.2. The molecule has 1 aromatic carbocycles. The van der Waals surface area contributed by atoms with E-state index in [1.807, 2.05) is 23.1 Å². The van der Waals surface area contributed by atoms with E-state index < -0.39 is 0 Å². The van der Waals surface area contributed by atoms with Gasteiger partial charge in [-0.15, -0.1) is 23.1 Å². The Morgan fingerprint density at radius 1 is 1.16 bits per heavy atom. The lowest BCUT2D eigenvalue weighted by molar-refractivity contribution is -0.139. The molecule has 2 aliphatic rings. The summed E-state index contributed by atoms with van der Waals surface area (Å²) in [5, 5.41) is 1.13. The van der Waals surface area contributed by atoms with Gasteiger partial charge in [0.15, 0.2) is 0 Å². The van der Waals surface area contributed by atoms with E-state index in [0.717, 1.165) is 43.2 Å². The third-order valence-electron chi connectivity index (χ3n) is 4.57. The summed E-state index contributed by atoms with van der Waals surface area (Å²) in [6.45, 7) is 4.21. The molecule has 0 radical (unpaired) electrons. The Kier molecular flexibility index (Phi) is 4.91. The maximum Gasteiger partial charge on any atom is 0.242 e. The molecule has 0 N–H and O–H groups in total. The van der Waals surface area contributed by atoms with E-state index in [1.165, 1.54) is 4.70 Å². The van der Waals surface area contributed by atoms with E-state index in [0.29, 0.717) is 11.6 Å². The van der Waals surface area contributed by atoms with Crippen LogP contribution in [0.15, 0.2) is 24.3 Å². The van der Waals surface area contributed by atoms with Gasteiger partial charge in [0, 0.05) is 26.2 Å². The smallest absolute Gasteiger partial charge is 0.242 e. The number of thioether (sulfide) groups is 1. The van der Waals surface area contributed by atoms with Gasteiger partial charge in [-0.25, -0.2) is 4.98 Å². The highest BCUT2D eigenvalue weighted by atomic mass is 32.2. The second-order valence-electron chi connectivity index (χ2n) is 6.30. The number of fused-ring (bicyclic) bond motifs is 1. The molecule has 4 rings (SSSR count). The van der Waals surface area contributed by atoms with Crippen molar-refractivity contribution in [3.63, 3.8) is 0 Å². The summed E-state index contributed by atoms with van der Waals surface area (Å²) in [5.74, 6) is 1.29. The van der Waals surface area contributed by atoms with Gasteiger partial charge in [0.1, 0.15) is 11.6 Å². The van der Waals surface area contributed by atoms with Crippen molar-refractivity contribution in [1.29, 1.82) is 0 Å². The number of rotatable bonds is 4. The van der Waals surface area contributed by atoms with Crippen LogP contribution in [-0.2, 0) is 16.1 Å². The maximum absolute atomic E-state index is 12.4. The molecule has 8 heteroatoms. The minimum Gasteiger partial charge on any atom is -0.339 e. The van der Waals surface area contributed by atoms with E-state index in [4.69, 9.17) is 0 Å². The van der Waals surface area contributed by atoms with Gasteiger partial charge in [0.25, 0.3) is 0 Å². The van der Waals surface area contributed by atoms with Crippen LogP contribution in [0.25, 0.3) is 10.2 Å². The molecule has 1 aromatic heterocycles. The van der Waals surface area contributed by atoms with Crippen LogP contribution in [0, 0.1) is 0 Å². The van der Waals surface area contributed by atoms with Gasteiger partial charge in [-0.3, -0.25) is 14.5 Å². The van der Waals surface area contributed by atoms with Gasteiger partial charge in [0.2, 0.25) is 11.8 Å². The van der Waals surface area contributed by atoms with Crippen LogP contribution in [0.4, 0.5) is 0 Å². The molecule has 0 atom stereocenters. The molecule has 0 unspecified atom stereocenters. The lowest BCUT2D eigenvalue weighted by Gasteiger charge is -2.35. The third-order valence-corrected chi connectivity index (χ3v) is 6.54. The fraction of sp³-hybridized carbons (Fsp3) is 0.471. The van der Waals surface area contributed by atoms with E-state index in [-0.39, 0.29) is 18.4 Å². The fourth-order valence-electron chi connectivity index (χ4n) is 3.14. The minimum atomic E-state index is 0.0653. The van der Waals surface area contributed by atoms with E-state index >= 15 is 0 Å². The summed E-state index contributed by atoms with van der Waals surface area (Å²) < 4.78 is 1.22. The van der Waals surface area contributed by atoms with Crippen LogP contribution in [0.3, 0.4) is 0 Å².